The SMILES string of the molecule is Cc1cccc(CN2CCCCC2)c1C(C)C. The van der Waals surface area contributed by atoms with Gasteiger partial charge in [-0.05, 0) is 55.5 Å². The van der Waals surface area contributed by atoms with Gasteiger partial charge < -0.3 is 0 Å². The second kappa shape index (κ2) is 5.68. The summed E-state index contributed by atoms with van der Waals surface area (Å²) in [6, 6.07) is 6.77. The van der Waals surface area contributed by atoms with Crippen LogP contribution in [-0.2, 0) is 6.54 Å². The van der Waals surface area contributed by atoms with Crippen LogP contribution in [0.1, 0.15) is 55.7 Å². The molecule has 1 aliphatic heterocycles. The van der Waals surface area contributed by atoms with Crippen molar-refractivity contribution in [3.63, 3.8) is 0 Å². The van der Waals surface area contributed by atoms with Crippen LogP contribution in [0, 0.1) is 6.92 Å². The van der Waals surface area contributed by atoms with Gasteiger partial charge in [-0.1, -0.05) is 38.5 Å². The number of benzene rings is 1. The fourth-order valence-corrected chi connectivity index (χ4v) is 3.06. The van der Waals surface area contributed by atoms with Gasteiger partial charge in [0.25, 0.3) is 0 Å². The van der Waals surface area contributed by atoms with Crippen LogP contribution in [-0.4, -0.2) is 18.0 Å². The molecule has 94 valence electrons. The third-order valence-corrected chi connectivity index (χ3v) is 3.83. The van der Waals surface area contributed by atoms with Crippen molar-refractivity contribution in [3.05, 3.63) is 34.9 Å². The van der Waals surface area contributed by atoms with Crippen LogP contribution in [0.3, 0.4) is 0 Å². The van der Waals surface area contributed by atoms with Gasteiger partial charge in [0.05, 0.1) is 0 Å². The summed E-state index contributed by atoms with van der Waals surface area (Å²) in [6.45, 7) is 10.6. The standard InChI is InChI=1S/C16H25N/c1-13(2)16-14(3)8-7-9-15(16)12-17-10-5-4-6-11-17/h7-9,13H,4-6,10-12H2,1-3H3. The first kappa shape index (κ1) is 12.6. The van der Waals surface area contributed by atoms with E-state index < -0.39 is 0 Å². The molecule has 0 radical (unpaired) electrons. The van der Waals surface area contributed by atoms with E-state index in [1.165, 1.54) is 37.9 Å². The Morgan fingerprint density at radius 3 is 2.47 bits per heavy atom. The summed E-state index contributed by atoms with van der Waals surface area (Å²) in [6.07, 6.45) is 4.17. The molecule has 0 atom stereocenters. The minimum Gasteiger partial charge on any atom is -0.299 e. The highest BCUT2D eigenvalue weighted by Gasteiger charge is 2.14. The fourth-order valence-electron chi connectivity index (χ4n) is 3.06. The molecule has 0 aliphatic carbocycles. The lowest BCUT2D eigenvalue weighted by Crippen LogP contribution is -2.29. The van der Waals surface area contributed by atoms with Crippen LogP contribution in [0.4, 0.5) is 0 Å². The Balaban J connectivity index is 2.16. The summed E-state index contributed by atoms with van der Waals surface area (Å²) in [4.78, 5) is 2.62. The lowest BCUT2D eigenvalue weighted by atomic mass is 9.92. The zero-order chi connectivity index (χ0) is 12.3. The molecule has 0 unspecified atom stereocenters. The molecule has 1 aromatic carbocycles. The van der Waals surface area contributed by atoms with E-state index in [1.807, 2.05) is 0 Å². The minimum atomic E-state index is 0.635. The van der Waals surface area contributed by atoms with Crippen LogP contribution in [0.5, 0.6) is 0 Å². The van der Waals surface area contributed by atoms with Gasteiger partial charge in [-0.15, -0.1) is 0 Å². The third kappa shape index (κ3) is 3.10. The molecule has 0 N–H and O–H groups in total. The number of aryl methyl sites for hydroxylation is 1. The first-order chi connectivity index (χ1) is 8.18. The molecule has 1 heteroatoms. The highest BCUT2D eigenvalue weighted by atomic mass is 15.1. The summed E-state index contributed by atoms with van der Waals surface area (Å²) >= 11 is 0. The Kier molecular flexibility index (Phi) is 4.22. The van der Waals surface area contributed by atoms with Gasteiger partial charge in [-0.25, -0.2) is 0 Å². The summed E-state index contributed by atoms with van der Waals surface area (Å²) in [5.74, 6) is 0.635. The van der Waals surface area contributed by atoms with Gasteiger partial charge >= 0.3 is 0 Å². The second-order valence-corrected chi connectivity index (χ2v) is 5.64. The Hall–Kier alpha value is -0.820. The van der Waals surface area contributed by atoms with Crippen molar-refractivity contribution >= 4 is 0 Å². The van der Waals surface area contributed by atoms with Gasteiger partial charge in [0.15, 0.2) is 0 Å². The van der Waals surface area contributed by atoms with E-state index in [0.29, 0.717) is 5.92 Å². The molecular formula is C16H25N. The second-order valence-electron chi connectivity index (χ2n) is 5.64. The van der Waals surface area contributed by atoms with Crippen LogP contribution in [0.2, 0.25) is 0 Å². The number of rotatable bonds is 3. The van der Waals surface area contributed by atoms with Crippen LogP contribution < -0.4 is 0 Å². The first-order valence-corrected chi connectivity index (χ1v) is 6.99. The van der Waals surface area contributed by atoms with E-state index in [2.05, 4.69) is 43.9 Å². The van der Waals surface area contributed by atoms with Crippen molar-refractivity contribution in [3.8, 4) is 0 Å². The maximum absolute atomic E-state index is 2.62. The van der Waals surface area contributed by atoms with E-state index >= 15 is 0 Å². The molecule has 0 amide bonds. The van der Waals surface area contributed by atoms with E-state index in [1.54, 1.807) is 11.1 Å². The molecule has 1 aromatic rings. The first-order valence-electron chi connectivity index (χ1n) is 6.99. The molecule has 1 fully saturated rings. The van der Waals surface area contributed by atoms with Crippen LogP contribution >= 0.6 is 0 Å². The van der Waals surface area contributed by atoms with E-state index in [4.69, 9.17) is 0 Å². The molecule has 0 spiro atoms. The Morgan fingerprint density at radius 2 is 1.82 bits per heavy atom. The van der Waals surface area contributed by atoms with Crippen molar-refractivity contribution in [2.45, 2.75) is 52.5 Å². The van der Waals surface area contributed by atoms with Gasteiger partial charge in [0.2, 0.25) is 0 Å². The van der Waals surface area contributed by atoms with E-state index in [0.717, 1.165) is 6.54 Å². The van der Waals surface area contributed by atoms with Crippen molar-refractivity contribution < 1.29 is 0 Å². The maximum atomic E-state index is 2.62. The Bertz CT molecular complexity index is 362. The average Bonchev–Trinajstić information content (AvgIpc) is 2.30. The lowest BCUT2D eigenvalue weighted by molar-refractivity contribution is 0.220. The number of likely N-dealkylation sites (tertiary alicyclic amines) is 1. The summed E-state index contributed by atoms with van der Waals surface area (Å²) in [5.41, 5.74) is 4.56. The summed E-state index contributed by atoms with van der Waals surface area (Å²) < 4.78 is 0. The highest BCUT2D eigenvalue weighted by molar-refractivity contribution is 5.36. The minimum absolute atomic E-state index is 0.635. The summed E-state index contributed by atoms with van der Waals surface area (Å²) in [7, 11) is 0. The number of hydrogen-bond donors (Lipinski definition) is 0. The molecule has 0 saturated carbocycles. The van der Waals surface area contributed by atoms with E-state index in [-0.39, 0.29) is 0 Å². The topological polar surface area (TPSA) is 3.24 Å². The fraction of sp³-hybridized carbons (Fsp3) is 0.625. The molecule has 2 rings (SSSR count). The van der Waals surface area contributed by atoms with Gasteiger partial charge in [0, 0.05) is 6.54 Å². The smallest absolute Gasteiger partial charge is 0.0236 e. The normalized spacial score (nSPS) is 17.6. The zero-order valence-corrected chi connectivity index (χ0v) is 11.5. The largest absolute Gasteiger partial charge is 0.299 e. The number of piperidine rings is 1. The Morgan fingerprint density at radius 1 is 1.12 bits per heavy atom. The predicted octanol–water partition coefficient (Wildman–Crippen LogP) is 4.10. The maximum Gasteiger partial charge on any atom is 0.0236 e. The van der Waals surface area contributed by atoms with Crippen LogP contribution in [0.15, 0.2) is 18.2 Å². The van der Waals surface area contributed by atoms with Gasteiger partial charge in [-0.3, -0.25) is 4.90 Å². The molecule has 17 heavy (non-hydrogen) atoms. The highest BCUT2D eigenvalue weighted by Crippen LogP contribution is 2.25. The van der Waals surface area contributed by atoms with Crippen LogP contribution in [0.25, 0.3) is 0 Å². The lowest BCUT2D eigenvalue weighted by Gasteiger charge is -2.28. The third-order valence-electron chi connectivity index (χ3n) is 3.83. The number of hydrogen-bond acceptors (Lipinski definition) is 1. The molecule has 0 aromatic heterocycles. The molecule has 1 aliphatic rings. The predicted molar refractivity (Wildman–Crippen MR) is 74.4 cm³/mol. The monoisotopic (exact) mass is 231 g/mol. The zero-order valence-electron chi connectivity index (χ0n) is 11.5. The average molecular weight is 231 g/mol. The molecule has 1 heterocycles. The molecule has 1 saturated heterocycles. The van der Waals surface area contributed by atoms with Crippen molar-refractivity contribution in [1.29, 1.82) is 0 Å². The number of nitrogens with zero attached hydrogens (tertiary/aromatic N) is 1. The molecule has 0 bridgehead atoms. The molecular weight excluding hydrogens is 206 g/mol. The van der Waals surface area contributed by atoms with Gasteiger partial charge in [-0.2, -0.15) is 0 Å². The quantitative estimate of drug-likeness (QED) is 0.757. The van der Waals surface area contributed by atoms with Crippen molar-refractivity contribution in [1.82, 2.24) is 4.90 Å². The van der Waals surface area contributed by atoms with Gasteiger partial charge in [0.1, 0.15) is 0 Å². The molecule has 1 nitrogen and oxygen atoms in total. The Labute approximate surface area is 106 Å². The van der Waals surface area contributed by atoms with E-state index in [9.17, 15) is 0 Å². The van der Waals surface area contributed by atoms with Crippen molar-refractivity contribution in [2.24, 2.45) is 0 Å². The summed E-state index contributed by atoms with van der Waals surface area (Å²) in [5, 5.41) is 0. The van der Waals surface area contributed by atoms with Crippen molar-refractivity contribution in [2.75, 3.05) is 13.1 Å².